The van der Waals surface area contributed by atoms with Crippen molar-refractivity contribution >= 4 is 45.2 Å². The second kappa shape index (κ2) is 11.7. The van der Waals surface area contributed by atoms with Crippen LogP contribution in [0.1, 0.15) is 54.1 Å². The zero-order valence-corrected chi connectivity index (χ0v) is 22.5. The van der Waals surface area contributed by atoms with Crippen LogP contribution in [0.15, 0.2) is 52.1 Å². The number of thioether (sulfide) groups is 1. The Hall–Kier alpha value is -2.65. The van der Waals surface area contributed by atoms with E-state index < -0.39 is 0 Å². The molecular weight excluding hydrogens is 514 g/mol. The smallest absolute Gasteiger partial charge is 0.251 e. The number of nitrogens with zero attached hydrogens (tertiary/aromatic N) is 3. The van der Waals surface area contributed by atoms with Gasteiger partial charge in [-0.15, -0.1) is 10.2 Å². The van der Waals surface area contributed by atoms with Crippen molar-refractivity contribution in [2.75, 3.05) is 11.1 Å². The number of aryl methyl sites for hydroxylation is 2. The number of nitrogens with one attached hydrogen (secondary N) is 2. The number of amides is 2. The Morgan fingerprint density at radius 2 is 1.76 bits per heavy atom. The first-order valence-corrected chi connectivity index (χ1v) is 13.0. The summed E-state index contributed by atoms with van der Waals surface area (Å²) in [6.07, 6.45) is 0. The number of hydrogen-bond donors (Lipinski definition) is 2. The molecule has 0 aliphatic carbocycles. The number of halogens is 1. The maximum atomic E-state index is 12.8. The molecule has 7 nitrogen and oxygen atoms in total. The zero-order valence-electron chi connectivity index (χ0n) is 20.1. The number of hydrogen-bond acceptors (Lipinski definition) is 5. The summed E-state index contributed by atoms with van der Waals surface area (Å²) in [6, 6.07) is 12.8. The summed E-state index contributed by atoms with van der Waals surface area (Å²) in [7, 11) is 0. The fraction of sp³-hybridized carbons (Fsp3) is 0.360. The van der Waals surface area contributed by atoms with Crippen LogP contribution in [0.25, 0.3) is 0 Å². The van der Waals surface area contributed by atoms with Crippen molar-refractivity contribution in [3.8, 4) is 0 Å². The van der Waals surface area contributed by atoms with E-state index >= 15 is 0 Å². The number of rotatable bonds is 9. The summed E-state index contributed by atoms with van der Waals surface area (Å²) >= 11 is 4.84. The molecule has 0 bridgehead atoms. The van der Waals surface area contributed by atoms with E-state index in [-0.39, 0.29) is 29.5 Å². The minimum absolute atomic E-state index is 0.102. The topological polar surface area (TPSA) is 88.9 Å². The molecule has 3 aromatic rings. The van der Waals surface area contributed by atoms with E-state index in [1.165, 1.54) is 11.8 Å². The molecule has 0 fully saturated rings. The van der Waals surface area contributed by atoms with Crippen molar-refractivity contribution in [1.82, 2.24) is 20.1 Å². The molecule has 1 aromatic heterocycles. The minimum atomic E-state index is -0.310. The molecule has 0 aliphatic heterocycles. The van der Waals surface area contributed by atoms with Crippen molar-refractivity contribution in [1.29, 1.82) is 0 Å². The van der Waals surface area contributed by atoms with Crippen LogP contribution in [0.5, 0.6) is 0 Å². The van der Waals surface area contributed by atoms with Crippen LogP contribution in [0, 0.1) is 19.8 Å². The normalized spacial score (nSPS) is 12.0. The number of anilines is 1. The van der Waals surface area contributed by atoms with Gasteiger partial charge in [0.05, 0.1) is 17.5 Å². The molecule has 2 N–H and O–H groups in total. The van der Waals surface area contributed by atoms with Gasteiger partial charge in [-0.3, -0.25) is 9.59 Å². The van der Waals surface area contributed by atoms with Crippen LogP contribution >= 0.6 is 27.7 Å². The standard InChI is InChI=1S/C25H30BrN5O2S/c1-6-31-23(22(15(2)3)28-24(33)18-10-8-7-9-11-18)29-30-25(31)34-14-21(32)27-20-13-17(5)16(4)12-19(20)26/h7-13,15,22H,6,14H2,1-5H3,(H,27,32)(H,28,33). The van der Waals surface area contributed by atoms with Gasteiger partial charge < -0.3 is 15.2 Å². The number of carbonyl (C=O) groups is 2. The molecule has 2 aromatic carbocycles. The Morgan fingerprint density at radius 3 is 2.41 bits per heavy atom. The van der Waals surface area contributed by atoms with Crippen LogP contribution in [0.2, 0.25) is 0 Å². The largest absolute Gasteiger partial charge is 0.342 e. The van der Waals surface area contributed by atoms with Crippen molar-refractivity contribution in [2.45, 2.75) is 52.4 Å². The third-order valence-corrected chi connectivity index (χ3v) is 7.14. The Morgan fingerprint density at radius 1 is 1.09 bits per heavy atom. The lowest BCUT2D eigenvalue weighted by Crippen LogP contribution is -2.33. The highest BCUT2D eigenvalue weighted by atomic mass is 79.9. The maximum Gasteiger partial charge on any atom is 0.251 e. The average molecular weight is 545 g/mol. The molecule has 0 saturated carbocycles. The van der Waals surface area contributed by atoms with Gasteiger partial charge >= 0.3 is 0 Å². The van der Waals surface area contributed by atoms with Crippen molar-refractivity contribution in [3.63, 3.8) is 0 Å². The number of aromatic nitrogens is 3. The molecule has 1 heterocycles. The summed E-state index contributed by atoms with van der Waals surface area (Å²) in [6.45, 7) is 10.7. The van der Waals surface area contributed by atoms with Crippen molar-refractivity contribution in [3.05, 3.63) is 69.5 Å². The van der Waals surface area contributed by atoms with Gasteiger partial charge in [0.2, 0.25) is 5.91 Å². The van der Waals surface area contributed by atoms with Gasteiger partial charge in [-0.2, -0.15) is 0 Å². The van der Waals surface area contributed by atoms with Gasteiger partial charge in [-0.25, -0.2) is 0 Å². The second-order valence-corrected chi connectivity index (χ2v) is 10.2. The number of carbonyl (C=O) groups excluding carboxylic acids is 2. The SMILES string of the molecule is CCn1c(SCC(=O)Nc2cc(C)c(C)cc2Br)nnc1C(NC(=O)c1ccccc1)C(C)C. The molecule has 0 radical (unpaired) electrons. The van der Waals surface area contributed by atoms with Crippen molar-refractivity contribution < 1.29 is 9.59 Å². The average Bonchev–Trinajstić information content (AvgIpc) is 3.22. The molecule has 0 saturated heterocycles. The molecule has 0 spiro atoms. The second-order valence-electron chi connectivity index (χ2n) is 8.40. The van der Waals surface area contributed by atoms with E-state index in [9.17, 15) is 9.59 Å². The quantitative estimate of drug-likeness (QED) is 0.346. The van der Waals surface area contributed by atoms with Crippen molar-refractivity contribution in [2.24, 2.45) is 5.92 Å². The van der Waals surface area contributed by atoms with E-state index in [0.29, 0.717) is 23.1 Å². The first kappa shape index (κ1) is 26.0. The molecule has 180 valence electrons. The summed E-state index contributed by atoms with van der Waals surface area (Å²) in [4.78, 5) is 25.4. The third kappa shape index (κ3) is 6.27. The summed E-state index contributed by atoms with van der Waals surface area (Å²) in [5.41, 5.74) is 3.61. The monoisotopic (exact) mass is 543 g/mol. The van der Waals surface area contributed by atoms with Gasteiger partial charge in [0, 0.05) is 16.6 Å². The van der Waals surface area contributed by atoms with E-state index in [4.69, 9.17) is 0 Å². The van der Waals surface area contributed by atoms with Crippen LogP contribution in [0.4, 0.5) is 5.69 Å². The third-order valence-electron chi connectivity index (χ3n) is 5.52. The molecule has 9 heteroatoms. The van der Waals surface area contributed by atoms with E-state index in [1.54, 1.807) is 12.1 Å². The molecular formula is C25H30BrN5O2S. The van der Waals surface area contributed by atoms with Gasteiger partial charge in [-0.05, 0) is 78.0 Å². The molecule has 2 amide bonds. The van der Waals surface area contributed by atoms with E-state index in [0.717, 1.165) is 21.3 Å². The van der Waals surface area contributed by atoms with Crippen LogP contribution < -0.4 is 10.6 Å². The van der Waals surface area contributed by atoms with Gasteiger partial charge in [-0.1, -0.05) is 43.8 Å². The first-order chi connectivity index (χ1) is 16.2. The molecule has 34 heavy (non-hydrogen) atoms. The fourth-order valence-corrected chi connectivity index (χ4v) is 4.84. The highest BCUT2D eigenvalue weighted by Gasteiger charge is 2.26. The Balaban J connectivity index is 1.71. The predicted molar refractivity (Wildman–Crippen MR) is 140 cm³/mol. The Bertz CT molecular complexity index is 1160. The fourth-order valence-electron chi connectivity index (χ4n) is 3.47. The highest BCUT2D eigenvalue weighted by Crippen LogP contribution is 2.28. The van der Waals surface area contributed by atoms with Crippen LogP contribution in [-0.2, 0) is 11.3 Å². The summed E-state index contributed by atoms with van der Waals surface area (Å²) < 4.78 is 2.81. The van der Waals surface area contributed by atoms with Gasteiger partial charge in [0.15, 0.2) is 11.0 Å². The van der Waals surface area contributed by atoms with Crippen LogP contribution in [0.3, 0.4) is 0 Å². The molecule has 0 aliphatic rings. The molecule has 1 unspecified atom stereocenters. The Labute approximate surface area is 213 Å². The first-order valence-electron chi connectivity index (χ1n) is 11.2. The predicted octanol–water partition coefficient (Wildman–Crippen LogP) is 5.54. The lowest BCUT2D eigenvalue weighted by molar-refractivity contribution is -0.113. The highest BCUT2D eigenvalue weighted by molar-refractivity contribution is 9.10. The van der Waals surface area contributed by atoms with Gasteiger partial charge in [0.25, 0.3) is 5.91 Å². The summed E-state index contributed by atoms with van der Waals surface area (Å²) in [5, 5.41) is 15.4. The lowest BCUT2D eigenvalue weighted by atomic mass is 10.0. The molecule has 3 rings (SSSR count). The van der Waals surface area contributed by atoms with Gasteiger partial charge in [0.1, 0.15) is 0 Å². The summed E-state index contributed by atoms with van der Waals surface area (Å²) in [5.74, 6) is 0.698. The molecule has 1 atom stereocenters. The maximum absolute atomic E-state index is 12.8. The minimum Gasteiger partial charge on any atom is -0.342 e. The Kier molecular flexibility index (Phi) is 8.90. The lowest BCUT2D eigenvalue weighted by Gasteiger charge is -2.22. The van der Waals surface area contributed by atoms with E-state index in [2.05, 4.69) is 36.8 Å². The number of benzene rings is 2. The zero-order chi connectivity index (χ0) is 24.8. The van der Waals surface area contributed by atoms with Crippen LogP contribution in [-0.4, -0.2) is 32.3 Å². The van der Waals surface area contributed by atoms with E-state index in [1.807, 2.05) is 69.5 Å².